The highest BCUT2D eigenvalue weighted by Crippen LogP contribution is 2.43. The Hall–Kier alpha value is -3.11. The zero-order valence-corrected chi connectivity index (χ0v) is 17.4. The molecule has 0 atom stereocenters. The Balaban J connectivity index is 2.09. The molecular weight excluding hydrogens is 426 g/mol. The number of hydrogen-bond acceptors (Lipinski definition) is 2. The summed E-state index contributed by atoms with van der Waals surface area (Å²) in [6, 6.07) is 25.9. The summed E-state index contributed by atoms with van der Waals surface area (Å²) >= 11 is 3.73. The van der Waals surface area contributed by atoms with Crippen molar-refractivity contribution in [3.05, 3.63) is 93.8 Å². The van der Waals surface area contributed by atoms with E-state index in [4.69, 9.17) is 4.42 Å². The molecule has 3 aromatic carbocycles. The van der Waals surface area contributed by atoms with Crippen molar-refractivity contribution in [1.29, 1.82) is 0 Å². The number of halogens is 1. The van der Waals surface area contributed by atoms with Gasteiger partial charge in [0, 0.05) is 22.0 Å². The fourth-order valence-electron chi connectivity index (χ4n) is 4.11. The number of aromatic nitrogens is 1. The van der Waals surface area contributed by atoms with E-state index < -0.39 is 0 Å². The van der Waals surface area contributed by atoms with E-state index in [-0.39, 0.29) is 5.63 Å². The number of benzene rings is 3. The summed E-state index contributed by atoms with van der Waals surface area (Å²) < 4.78 is 9.01. The largest absolute Gasteiger partial charge is 0.405 e. The molecule has 0 fully saturated rings. The molecule has 0 aliphatic rings. The molecule has 0 saturated carbocycles. The second kappa shape index (κ2) is 7.05. The Kier molecular flexibility index (Phi) is 4.36. The molecule has 0 N–H and O–H groups in total. The lowest BCUT2D eigenvalue weighted by Crippen LogP contribution is -2.07. The van der Waals surface area contributed by atoms with Crippen LogP contribution >= 0.6 is 15.9 Å². The van der Waals surface area contributed by atoms with Gasteiger partial charge in [-0.2, -0.15) is 0 Å². The highest BCUT2D eigenvalue weighted by atomic mass is 79.9. The van der Waals surface area contributed by atoms with Crippen molar-refractivity contribution in [1.82, 2.24) is 4.57 Å². The van der Waals surface area contributed by atoms with Gasteiger partial charge in [0.15, 0.2) is 0 Å². The molecule has 2 heterocycles. The quantitative estimate of drug-likeness (QED) is 0.305. The molecule has 3 nitrogen and oxygen atoms in total. The molecule has 0 radical (unpaired) electrons. The zero-order valence-electron chi connectivity index (χ0n) is 15.9. The lowest BCUT2D eigenvalue weighted by atomic mass is 9.93. The van der Waals surface area contributed by atoms with Crippen LogP contribution < -0.4 is 5.63 Å². The van der Waals surface area contributed by atoms with Gasteiger partial charge in [0.05, 0.1) is 16.5 Å². The first kappa shape index (κ1) is 18.0. The maximum absolute atomic E-state index is 13.3. The van der Waals surface area contributed by atoms with Gasteiger partial charge < -0.3 is 8.98 Å². The van der Waals surface area contributed by atoms with Crippen LogP contribution in [0.2, 0.25) is 0 Å². The molecule has 0 spiro atoms. The monoisotopic (exact) mass is 443 g/mol. The average molecular weight is 444 g/mol. The van der Waals surface area contributed by atoms with Gasteiger partial charge in [-0.25, -0.2) is 4.79 Å². The van der Waals surface area contributed by atoms with Crippen LogP contribution in [0.25, 0.3) is 44.3 Å². The molecule has 5 rings (SSSR count). The predicted octanol–water partition coefficient (Wildman–Crippen LogP) is 6.86. The molecule has 0 amide bonds. The minimum Gasteiger partial charge on any atom is -0.405 e. The fourth-order valence-corrected chi connectivity index (χ4v) is 4.67. The summed E-state index contributed by atoms with van der Waals surface area (Å²) in [4.78, 5) is 13.3. The highest BCUT2D eigenvalue weighted by Gasteiger charge is 2.24. The summed E-state index contributed by atoms with van der Waals surface area (Å²) in [5.74, 6) is 0. The second-order valence-corrected chi connectivity index (χ2v) is 7.78. The standard InChI is InChI=1S/C25H18BrNO2/c1-2-27-19-15-9-14-18(26)22(19)23-20(16-10-5-3-6-11-16)21(25(28)29-24(23)27)17-12-7-4-8-13-17/h3-15H,2H2,1H3. The van der Waals surface area contributed by atoms with Crippen molar-refractivity contribution >= 4 is 37.9 Å². The third-order valence-corrected chi connectivity index (χ3v) is 5.99. The van der Waals surface area contributed by atoms with Gasteiger partial charge in [-0.3, -0.25) is 0 Å². The average Bonchev–Trinajstić information content (AvgIpc) is 3.08. The maximum atomic E-state index is 13.3. The Morgan fingerprint density at radius 3 is 2.03 bits per heavy atom. The first-order valence-corrected chi connectivity index (χ1v) is 10.4. The molecule has 2 aromatic heterocycles. The first-order valence-electron chi connectivity index (χ1n) is 9.59. The molecule has 142 valence electrons. The number of fused-ring (bicyclic) bond motifs is 3. The van der Waals surface area contributed by atoms with Gasteiger partial charge in [0.2, 0.25) is 5.71 Å². The fraction of sp³-hybridized carbons (Fsp3) is 0.0800. The van der Waals surface area contributed by atoms with Gasteiger partial charge in [-0.15, -0.1) is 0 Å². The number of hydrogen-bond donors (Lipinski definition) is 0. The van der Waals surface area contributed by atoms with E-state index in [9.17, 15) is 4.79 Å². The predicted molar refractivity (Wildman–Crippen MR) is 122 cm³/mol. The third kappa shape index (κ3) is 2.75. The van der Waals surface area contributed by atoms with Gasteiger partial charge in [-0.1, -0.05) is 82.7 Å². The van der Waals surface area contributed by atoms with E-state index in [1.54, 1.807) is 0 Å². The molecule has 0 aliphatic heterocycles. The Bertz CT molecular complexity index is 1400. The normalized spacial score (nSPS) is 11.4. The van der Waals surface area contributed by atoms with Crippen LogP contribution in [0, 0.1) is 0 Å². The van der Waals surface area contributed by atoms with E-state index in [2.05, 4.69) is 33.5 Å². The van der Waals surface area contributed by atoms with Crippen LogP contribution in [-0.2, 0) is 6.54 Å². The zero-order chi connectivity index (χ0) is 20.0. The maximum Gasteiger partial charge on any atom is 0.346 e. The lowest BCUT2D eigenvalue weighted by molar-refractivity contribution is 0.532. The van der Waals surface area contributed by atoms with Crippen LogP contribution in [0.1, 0.15) is 6.92 Å². The third-order valence-electron chi connectivity index (χ3n) is 5.33. The Labute approximate surface area is 176 Å². The minimum absolute atomic E-state index is 0.323. The molecular formula is C25H18BrNO2. The van der Waals surface area contributed by atoms with E-state index in [0.717, 1.165) is 37.5 Å². The number of rotatable bonds is 3. The number of nitrogens with zero attached hydrogens (tertiary/aromatic N) is 1. The van der Waals surface area contributed by atoms with Crippen LogP contribution in [0.3, 0.4) is 0 Å². The van der Waals surface area contributed by atoms with E-state index in [0.29, 0.717) is 17.8 Å². The topological polar surface area (TPSA) is 35.1 Å². The van der Waals surface area contributed by atoms with Crippen molar-refractivity contribution in [2.75, 3.05) is 0 Å². The molecule has 0 saturated heterocycles. The van der Waals surface area contributed by atoms with Crippen LogP contribution in [-0.4, -0.2) is 4.57 Å². The molecule has 0 bridgehead atoms. The molecule has 0 unspecified atom stereocenters. The van der Waals surface area contributed by atoms with Crippen LogP contribution in [0.15, 0.2) is 92.5 Å². The Morgan fingerprint density at radius 1 is 0.793 bits per heavy atom. The minimum atomic E-state index is -0.323. The van der Waals surface area contributed by atoms with Crippen molar-refractivity contribution in [3.8, 4) is 22.3 Å². The van der Waals surface area contributed by atoms with Gasteiger partial charge >= 0.3 is 5.63 Å². The smallest absolute Gasteiger partial charge is 0.346 e. The summed E-state index contributed by atoms with van der Waals surface area (Å²) in [7, 11) is 0. The second-order valence-electron chi connectivity index (χ2n) is 6.93. The summed E-state index contributed by atoms with van der Waals surface area (Å²) in [6.45, 7) is 2.77. The molecule has 29 heavy (non-hydrogen) atoms. The first-order chi connectivity index (χ1) is 14.2. The van der Waals surface area contributed by atoms with Gasteiger partial charge in [-0.05, 0) is 30.2 Å². The van der Waals surface area contributed by atoms with E-state index in [1.807, 2.05) is 72.8 Å². The number of aryl methyl sites for hydroxylation is 1. The summed E-state index contributed by atoms with van der Waals surface area (Å²) in [6.07, 6.45) is 0. The Morgan fingerprint density at radius 2 is 1.41 bits per heavy atom. The van der Waals surface area contributed by atoms with Crippen molar-refractivity contribution < 1.29 is 4.42 Å². The van der Waals surface area contributed by atoms with Gasteiger partial charge in [0.1, 0.15) is 0 Å². The molecule has 5 aromatic rings. The summed E-state index contributed by atoms with van der Waals surface area (Å²) in [5, 5.41) is 2.02. The van der Waals surface area contributed by atoms with Crippen molar-refractivity contribution in [3.63, 3.8) is 0 Å². The van der Waals surface area contributed by atoms with E-state index >= 15 is 0 Å². The van der Waals surface area contributed by atoms with E-state index in [1.165, 1.54) is 0 Å². The molecule has 4 heteroatoms. The van der Waals surface area contributed by atoms with Crippen LogP contribution in [0.4, 0.5) is 0 Å². The lowest BCUT2D eigenvalue weighted by Gasteiger charge is -2.11. The SMILES string of the molecule is CCn1c2cccc(Br)c2c2c(-c3ccccc3)c(-c3ccccc3)c(=O)oc21. The van der Waals surface area contributed by atoms with Gasteiger partial charge in [0.25, 0.3) is 0 Å². The van der Waals surface area contributed by atoms with Crippen molar-refractivity contribution in [2.45, 2.75) is 13.5 Å². The molecule has 0 aliphatic carbocycles. The van der Waals surface area contributed by atoms with Crippen molar-refractivity contribution in [2.24, 2.45) is 0 Å². The van der Waals surface area contributed by atoms with Crippen LogP contribution in [0.5, 0.6) is 0 Å². The summed E-state index contributed by atoms with van der Waals surface area (Å²) in [5.41, 5.74) is 4.68. The highest BCUT2D eigenvalue weighted by molar-refractivity contribution is 9.10.